The van der Waals surface area contributed by atoms with Crippen LogP contribution in [-0.2, 0) is 0 Å². The lowest BCUT2D eigenvalue weighted by Gasteiger charge is -2.27. The zero-order valence-corrected chi connectivity index (χ0v) is 10.6. The van der Waals surface area contributed by atoms with Gasteiger partial charge in [-0.25, -0.2) is 0 Å². The van der Waals surface area contributed by atoms with E-state index in [9.17, 15) is 15.0 Å². The molecule has 1 aromatic carbocycles. The predicted molar refractivity (Wildman–Crippen MR) is 66.7 cm³/mol. The maximum absolute atomic E-state index is 11.9. The third-order valence-corrected chi connectivity index (χ3v) is 3.33. The van der Waals surface area contributed by atoms with Crippen molar-refractivity contribution in [1.82, 2.24) is 5.32 Å². The number of nitrogens with one attached hydrogen (secondary N) is 1. The zero-order valence-electron chi connectivity index (χ0n) is 9.83. The Bertz CT molecular complexity index is 396. The van der Waals surface area contributed by atoms with Crippen LogP contribution >= 0.6 is 11.6 Å². The number of alkyl halides is 1. The summed E-state index contributed by atoms with van der Waals surface area (Å²) in [6.45, 7) is 3.70. The molecule has 0 heterocycles. The fourth-order valence-electron chi connectivity index (χ4n) is 1.31. The van der Waals surface area contributed by atoms with Gasteiger partial charge < -0.3 is 15.5 Å². The van der Waals surface area contributed by atoms with Gasteiger partial charge in [0.25, 0.3) is 5.91 Å². The molecule has 0 aliphatic carbocycles. The fraction of sp³-hybridized carbons (Fsp3) is 0.417. The first-order chi connectivity index (χ1) is 7.93. The number of phenols is 2. The number of hydrogen-bond acceptors (Lipinski definition) is 3. The second-order valence-electron chi connectivity index (χ2n) is 4.17. The van der Waals surface area contributed by atoms with Crippen LogP contribution in [0.15, 0.2) is 18.2 Å². The summed E-state index contributed by atoms with van der Waals surface area (Å²) in [5.74, 6) is -0.791. The Hall–Kier alpha value is -1.42. The summed E-state index contributed by atoms with van der Waals surface area (Å²) >= 11 is 5.78. The molecule has 5 heteroatoms. The number of phenolic OH excluding ortho intramolecular Hbond substituents is 2. The van der Waals surface area contributed by atoms with E-state index in [0.717, 1.165) is 0 Å². The van der Waals surface area contributed by atoms with Crippen molar-refractivity contribution in [1.29, 1.82) is 0 Å². The highest BCUT2D eigenvalue weighted by Gasteiger charge is 2.26. The average Bonchev–Trinajstić information content (AvgIpc) is 2.28. The molecule has 0 saturated heterocycles. The Kier molecular flexibility index (Phi) is 4.23. The second-order valence-corrected chi connectivity index (χ2v) is 4.44. The monoisotopic (exact) mass is 257 g/mol. The third-order valence-electron chi connectivity index (χ3n) is 2.74. The van der Waals surface area contributed by atoms with E-state index in [0.29, 0.717) is 6.42 Å². The van der Waals surface area contributed by atoms with Gasteiger partial charge in [0.1, 0.15) is 17.1 Å². The number of carbonyl (C=O) groups excluding carboxylic acids is 1. The maximum Gasteiger partial charge on any atom is 0.259 e. The van der Waals surface area contributed by atoms with Gasteiger partial charge in [0.15, 0.2) is 0 Å². The van der Waals surface area contributed by atoms with Crippen molar-refractivity contribution in [2.24, 2.45) is 0 Å². The Labute approximate surface area is 105 Å². The molecule has 1 rings (SSSR count). The number of halogens is 1. The SMILES string of the molecule is CCC(C)(CCl)NC(=O)c1c(O)cccc1O. The number of carbonyl (C=O) groups is 1. The summed E-state index contributed by atoms with van der Waals surface area (Å²) in [7, 11) is 0. The van der Waals surface area contributed by atoms with Gasteiger partial charge in [-0.15, -0.1) is 11.6 Å². The summed E-state index contributed by atoms with van der Waals surface area (Å²) in [4.78, 5) is 11.9. The first-order valence-corrected chi connectivity index (χ1v) is 5.86. The van der Waals surface area contributed by atoms with Crippen molar-refractivity contribution >= 4 is 17.5 Å². The first-order valence-electron chi connectivity index (χ1n) is 5.33. The van der Waals surface area contributed by atoms with Crippen molar-refractivity contribution in [2.75, 3.05) is 5.88 Å². The summed E-state index contributed by atoms with van der Waals surface area (Å²) in [5, 5.41) is 21.8. The van der Waals surface area contributed by atoms with Crippen molar-refractivity contribution in [2.45, 2.75) is 25.8 Å². The van der Waals surface area contributed by atoms with Crippen LogP contribution in [0.2, 0.25) is 0 Å². The molecule has 1 atom stereocenters. The average molecular weight is 258 g/mol. The summed E-state index contributed by atoms with van der Waals surface area (Å²) in [5.41, 5.74) is -0.690. The van der Waals surface area contributed by atoms with Crippen LogP contribution in [0.3, 0.4) is 0 Å². The fourth-order valence-corrected chi connectivity index (χ4v) is 1.57. The van der Waals surface area contributed by atoms with Gasteiger partial charge in [0.05, 0.1) is 5.54 Å². The molecule has 0 aromatic heterocycles. The standard InChI is InChI=1S/C12H16ClNO3/c1-3-12(2,7-13)14-11(17)10-8(15)5-4-6-9(10)16/h4-6,15-16H,3,7H2,1-2H3,(H,14,17). The molecule has 4 nitrogen and oxygen atoms in total. The van der Waals surface area contributed by atoms with E-state index in [4.69, 9.17) is 11.6 Å². The maximum atomic E-state index is 11.9. The quantitative estimate of drug-likeness (QED) is 0.725. The third kappa shape index (κ3) is 3.03. The molecule has 0 fully saturated rings. The Morgan fingerprint density at radius 1 is 1.41 bits per heavy atom. The highest BCUT2D eigenvalue weighted by molar-refractivity contribution is 6.19. The van der Waals surface area contributed by atoms with E-state index in [1.54, 1.807) is 6.92 Å². The zero-order chi connectivity index (χ0) is 13.1. The van der Waals surface area contributed by atoms with Gasteiger partial charge in [-0.2, -0.15) is 0 Å². The van der Waals surface area contributed by atoms with Gasteiger partial charge in [0.2, 0.25) is 0 Å². The molecule has 0 bridgehead atoms. The molecule has 1 amide bonds. The molecule has 94 valence electrons. The number of amides is 1. The number of benzene rings is 1. The highest BCUT2D eigenvalue weighted by Crippen LogP contribution is 2.27. The molecule has 1 unspecified atom stereocenters. The van der Waals surface area contributed by atoms with E-state index < -0.39 is 11.4 Å². The number of rotatable bonds is 4. The molecule has 0 spiro atoms. The molecule has 3 N–H and O–H groups in total. The van der Waals surface area contributed by atoms with Crippen LogP contribution < -0.4 is 5.32 Å². The Morgan fingerprint density at radius 2 is 1.94 bits per heavy atom. The number of hydrogen-bond donors (Lipinski definition) is 3. The van der Waals surface area contributed by atoms with E-state index in [2.05, 4.69) is 5.32 Å². The molecule has 17 heavy (non-hydrogen) atoms. The Morgan fingerprint density at radius 3 is 2.35 bits per heavy atom. The molecule has 1 aromatic rings. The Balaban J connectivity index is 2.98. The van der Waals surface area contributed by atoms with Gasteiger partial charge in [-0.3, -0.25) is 4.79 Å². The minimum atomic E-state index is -0.562. The number of aromatic hydroxyl groups is 2. The van der Waals surface area contributed by atoms with Gasteiger partial charge in [-0.05, 0) is 25.5 Å². The molecular formula is C12H16ClNO3. The lowest BCUT2D eigenvalue weighted by atomic mass is 10.0. The molecule has 0 aliphatic heterocycles. The van der Waals surface area contributed by atoms with E-state index in [1.165, 1.54) is 18.2 Å². The van der Waals surface area contributed by atoms with Gasteiger partial charge in [0, 0.05) is 5.88 Å². The van der Waals surface area contributed by atoms with E-state index in [1.807, 2.05) is 6.92 Å². The minimum Gasteiger partial charge on any atom is -0.507 e. The molecular weight excluding hydrogens is 242 g/mol. The molecule has 0 saturated carbocycles. The normalized spacial score (nSPS) is 14.1. The van der Waals surface area contributed by atoms with Crippen LogP contribution in [0, 0.1) is 0 Å². The topological polar surface area (TPSA) is 69.6 Å². The largest absolute Gasteiger partial charge is 0.507 e. The lowest BCUT2D eigenvalue weighted by molar-refractivity contribution is 0.0907. The van der Waals surface area contributed by atoms with Crippen molar-refractivity contribution in [3.63, 3.8) is 0 Å². The van der Waals surface area contributed by atoms with Crippen LogP contribution in [-0.4, -0.2) is 27.5 Å². The first kappa shape index (κ1) is 13.6. The lowest BCUT2D eigenvalue weighted by Crippen LogP contribution is -2.47. The van der Waals surface area contributed by atoms with Crippen LogP contribution in [0.25, 0.3) is 0 Å². The molecule has 0 aliphatic rings. The van der Waals surface area contributed by atoms with Crippen LogP contribution in [0.1, 0.15) is 30.6 Å². The molecule has 0 radical (unpaired) electrons. The minimum absolute atomic E-state index is 0.128. The summed E-state index contributed by atoms with van der Waals surface area (Å²) in [6.07, 6.45) is 0.649. The van der Waals surface area contributed by atoms with Crippen LogP contribution in [0.5, 0.6) is 11.5 Å². The second kappa shape index (κ2) is 5.27. The van der Waals surface area contributed by atoms with Gasteiger partial charge >= 0.3 is 0 Å². The van der Waals surface area contributed by atoms with Crippen molar-refractivity contribution in [3.05, 3.63) is 23.8 Å². The highest BCUT2D eigenvalue weighted by atomic mass is 35.5. The van der Waals surface area contributed by atoms with Crippen LogP contribution in [0.4, 0.5) is 0 Å². The van der Waals surface area contributed by atoms with Crippen molar-refractivity contribution < 1.29 is 15.0 Å². The van der Waals surface area contributed by atoms with Crippen molar-refractivity contribution in [3.8, 4) is 11.5 Å². The van der Waals surface area contributed by atoms with E-state index >= 15 is 0 Å². The smallest absolute Gasteiger partial charge is 0.259 e. The van der Waals surface area contributed by atoms with Gasteiger partial charge in [-0.1, -0.05) is 13.0 Å². The summed E-state index contributed by atoms with van der Waals surface area (Å²) in [6, 6.07) is 4.15. The summed E-state index contributed by atoms with van der Waals surface area (Å²) < 4.78 is 0. The van der Waals surface area contributed by atoms with E-state index in [-0.39, 0.29) is 22.9 Å². The predicted octanol–water partition coefficient (Wildman–Crippen LogP) is 2.24.